The van der Waals surface area contributed by atoms with E-state index in [2.05, 4.69) is 4.98 Å². The average molecular weight is 263 g/mol. The van der Waals surface area contributed by atoms with Gasteiger partial charge in [0.25, 0.3) is 0 Å². The highest BCUT2D eigenvalue weighted by atomic mass is 32.2. The number of rotatable bonds is 5. The van der Waals surface area contributed by atoms with Crippen LogP contribution in [0.25, 0.3) is 10.9 Å². The Balaban J connectivity index is 2.41. The van der Waals surface area contributed by atoms with E-state index in [1.54, 1.807) is 24.3 Å². The first-order chi connectivity index (χ1) is 8.72. The fourth-order valence-corrected chi connectivity index (χ4v) is 2.49. The molecular formula is C13H13NO3S. The van der Waals surface area contributed by atoms with Crippen LogP contribution in [0.2, 0.25) is 0 Å². The minimum absolute atomic E-state index is 0.131. The molecule has 0 aliphatic carbocycles. The summed E-state index contributed by atoms with van der Waals surface area (Å²) >= 11 is 1.46. The van der Waals surface area contributed by atoms with Gasteiger partial charge in [0.15, 0.2) is 0 Å². The normalized spacial score (nSPS) is 10.7. The van der Waals surface area contributed by atoms with Crippen LogP contribution in [0, 0.1) is 0 Å². The van der Waals surface area contributed by atoms with Crippen molar-refractivity contribution in [3.63, 3.8) is 0 Å². The molecule has 5 heteroatoms. The van der Waals surface area contributed by atoms with Gasteiger partial charge in [0.1, 0.15) is 0 Å². The fraction of sp³-hybridized carbons (Fsp3) is 0.231. The molecule has 0 bridgehead atoms. The maximum atomic E-state index is 11.2. The second-order valence-electron chi connectivity index (χ2n) is 3.76. The van der Waals surface area contributed by atoms with Crippen LogP contribution in [-0.4, -0.2) is 33.5 Å². The number of pyridine rings is 1. The van der Waals surface area contributed by atoms with Crippen molar-refractivity contribution < 1.29 is 15.0 Å². The Morgan fingerprint density at radius 2 is 2.11 bits per heavy atom. The summed E-state index contributed by atoms with van der Waals surface area (Å²) in [6.07, 6.45) is 0.668. The quantitative estimate of drug-likeness (QED) is 0.640. The van der Waals surface area contributed by atoms with Crippen molar-refractivity contribution in [2.75, 3.05) is 12.4 Å². The Morgan fingerprint density at radius 3 is 2.83 bits per heavy atom. The molecule has 0 fully saturated rings. The summed E-state index contributed by atoms with van der Waals surface area (Å²) in [6, 6.07) is 8.79. The lowest BCUT2D eigenvalue weighted by atomic mass is 10.1. The predicted octanol–water partition coefficient (Wildman–Crippen LogP) is 2.41. The first-order valence-electron chi connectivity index (χ1n) is 5.59. The number of hydrogen-bond acceptors (Lipinski definition) is 4. The smallest absolute Gasteiger partial charge is 0.336 e. The number of aliphatic hydroxyl groups excluding tert-OH is 1. The number of nitrogens with zero attached hydrogens (tertiary/aromatic N) is 1. The van der Waals surface area contributed by atoms with Crippen molar-refractivity contribution in [1.29, 1.82) is 0 Å². The maximum Gasteiger partial charge on any atom is 0.336 e. The first-order valence-corrected chi connectivity index (χ1v) is 6.57. The van der Waals surface area contributed by atoms with Gasteiger partial charge in [0, 0.05) is 17.7 Å². The largest absolute Gasteiger partial charge is 0.478 e. The van der Waals surface area contributed by atoms with E-state index in [0.717, 1.165) is 5.75 Å². The van der Waals surface area contributed by atoms with Crippen LogP contribution >= 0.6 is 11.8 Å². The summed E-state index contributed by atoms with van der Waals surface area (Å²) in [4.78, 5) is 15.6. The van der Waals surface area contributed by atoms with Gasteiger partial charge in [-0.2, -0.15) is 0 Å². The number of thioether (sulfide) groups is 1. The molecule has 0 amide bonds. The molecule has 0 spiro atoms. The van der Waals surface area contributed by atoms with Crippen molar-refractivity contribution in [2.24, 2.45) is 0 Å². The molecule has 2 aromatic rings. The number of carboxylic acids is 1. The lowest BCUT2D eigenvalue weighted by molar-refractivity contribution is 0.0698. The monoisotopic (exact) mass is 263 g/mol. The van der Waals surface area contributed by atoms with Crippen LogP contribution in [0.3, 0.4) is 0 Å². The zero-order chi connectivity index (χ0) is 13.0. The van der Waals surface area contributed by atoms with Crippen LogP contribution in [-0.2, 0) is 0 Å². The highest BCUT2D eigenvalue weighted by Gasteiger charge is 2.11. The lowest BCUT2D eigenvalue weighted by Gasteiger charge is -2.06. The van der Waals surface area contributed by atoms with Crippen molar-refractivity contribution in [3.05, 3.63) is 35.9 Å². The Kier molecular flexibility index (Phi) is 4.17. The summed E-state index contributed by atoms with van der Waals surface area (Å²) < 4.78 is 0. The van der Waals surface area contributed by atoms with Gasteiger partial charge in [0.2, 0.25) is 0 Å². The van der Waals surface area contributed by atoms with E-state index in [0.29, 0.717) is 22.3 Å². The second kappa shape index (κ2) is 5.84. The van der Waals surface area contributed by atoms with Gasteiger partial charge in [-0.05, 0) is 18.6 Å². The van der Waals surface area contributed by atoms with E-state index >= 15 is 0 Å². The summed E-state index contributed by atoms with van der Waals surface area (Å²) in [5.74, 6) is -0.224. The number of hydrogen-bond donors (Lipinski definition) is 2. The van der Waals surface area contributed by atoms with Crippen LogP contribution in [0.5, 0.6) is 0 Å². The molecule has 2 rings (SSSR count). The van der Waals surface area contributed by atoms with Gasteiger partial charge in [-0.3, -0.25) is 0 Å². The second-order valence-corrected chi connectivity index (χ2v) is 4.87. The van der Waals surface area contributed by atoms with Crippen molar-refractivity contribution >= 4 is 28.6 Å². The van der Waals surface area contributed by atoms with Crippen molar-refractivity contribution in [3.8, 4) is 0 Å². The number of fused-ring (bicyclic) bond motifs is 1. The minimum atomic E-state index is -0.947. The van der Waals surface area contributed by atoms with E-state index in [-0.39, 0.29) is 12.2 Å². The number of aromatic nitrogens is 1. The van der Waals surface area contributed by atoms with E-state index in [1.807, 2.05) is 6.07 Å². The third kappa shape index (κ3) is 2.80. The molecule has 1 aromatic heterocycles. The number of benzene rings is 1. The predicted molar refractivity (Wildman–Crippen MR) is 71.1 cm³/mol. The molecule has 0 saturated heterocycles. The highest BCUT2D eigenvalue weighted by molar-refractivity contribution is 7.99. The zero-order valence-corrected chi connectivity index (χ0v) is 10.5. The van der Waals surface area contributed by atoms with Crippen molar-refractivity contribution in [2.45, 2.75) is 11.4 Å². The number of carboxylic acid groups (broad SMARTS) is 1. The summed E-state index contributed by atoms with van der Waals surface area (Å²) in [5, 5.41) is 19.3. The topological polar surface area (TPSA) is 70.4 Å². The van der Waals surface area contributed by atoms with Gasteiger partial charge in [0.05, 0.1) is 16.1 Å². The van der Waals surface area contributed by atoms with Crippen LogP contribution in [0.1, 0.15) is 16.8 Å². The Hall–Kier alpha value is -1.59. The molecular weight excluding hydrogens is 250 g/mol. The van der Waals surface area contributed by atoms with Gasteiger partial charge in [-0.15, -0.1) is 11.8 Å². The Bertz CT molecular complexity index is 571. The molecule has 0 radical (unpaired) electrons. The Morgan fingerprint density at radius 1 is 1.33 bits per heavy atom. The van der Waals surface area contributed by atoms with E-state index in [4.69, 9.17) is 5.11 Å². The molecule has 1 heterocycles. The molecule has 0 aliphatic rings. The third-order valence-corrected chi connectivity index (χ3v) is 3.47. The maximum absolute atomic E-state index is 11.2. The fourth-order valence-electron chi connectivity index (χ4n) is 1.64. The van der Waals surface area contributed by atoms with E-state index in [1.165, 1.54) is 11.8 Å². The molecule has 2 N–H and O–H groups in total. The molecule has 0 atom stereocenters. The third-order valence-electron chi connectivity index (χ3n) is 2.48. The molecule has 94 valence electrons. The van der Waals surface area contributed by atoms with Gasteiger partial charge in [-0.25, -0.2) is 9.78 Å². The van der Waals surface area contributed by atoms with Crippen molar-refractivity contribution in [1.82, 2.24) is 4.98 Å². The van der Waals surface area contributed by atoms with E-state index < -0.39 is 5.97 Å². The molecule has 1 aromatic carbocycles. The molecule has 18 heavy (non-hydrogen) atoms. The van der Waals surface area contributed by atoms with Gasteiger partial charge in [-0.1, -0.05) is 18.2 Å². The van der Waals surface area contributed by atoms with Gasteiger partial charge < -0.3 is 10.2 Å². The molecule has 4 nitrogen and oxygen atoms in total. The van der Waals surface area contributed by atoms with Gasteiger partial charge >= 0.3 is 5.97 Å². The number of carbonyl (C=O) groups is 1. The molecule has 0 saturated carbocycles. The highest BCUT2D eigenvalue weighted by Crippen LogP contribution is 2.24. The number of aromatic carboxylic acids is 1. The first kappa shape index (κ1) is 12.9. The average Bonchev–Trinajstić information content (AvgIpc) is 2.38. The lowest BCUT2D eigenvalue weighted by Crippen LogP contribution is -2.00. The molecule has 0 unspecified atom stereocenters. The SMILES string of the molecule is O=C(O)c1cc(SCCCO)nc2ccccc12. The summed E-state index contributed by atoms with van der Waals surface area (Å²) in [6.45, 7) is 0.131. The standard InChI is InChI=1S/C13H13NO3S/c15-6-3-7-18-12-8-10(13(16)17)9-4-1-2-5-11(9)14-12/h1-2,4-5,8,15H,3,6-7H2,(H,16,17). The van der Waals surface area contributed by atoms with Crippen LogP contribution in [0.15, 0.2) is 35.4 Å². The Labute approximate surface area is 109 Å². The van der Waals surface area contributed by atoms with Crippen LogP contribution in [0.4, 0.5) is 0 Å². The number of aliphatic hydroxyl groups is 1. The van der Waals surface area contributed by atoms with E-state index in [9.17, 15) is 9.90 Å². The number of para-hydroxylation sites is 1. The molecule has 0 aliphatic heterocycles. The minimum Gasteiger partial charge on any atom is -0.478 e. The zero-order valence-electron chi connectivity index (χ0n) is 9.67. The summed E-state index contributed by atoms with van der Waals surface area (Å²) in [5.41, 5.74) is 0.955. The summed E-state index contributed by atoms with van der Waals surface area (Å²) in [7, 11) is 0. The van der Waals surface area contributed by atoms with Crippen LogP contribution < -0.4 is 0 Å².